The highest BCUT2D eigenvalue weighted by molar-refractivity contribution is 5.96. The highest BCUT2D eigenvalue weighted by Crippen LogP contribution is 2.34. The van der Waals surface area contributed by atoms with Crippen molar-refractivity contribution in [3.63, 3.8) is 0 Å². The number of hydrogen-bond acceptors (Lipinski definition) is 10. The fraction of sp³-hybridized carbons (Fsp3) is 0.429. The minimum Gasteiger partial charge on any atom is -0.479 e. The van der Waals surface area contributed by atoms with Crippen LogP contribution in [0.25, 0.3) is 11.0 Å². The van der Waals surface area contributed by atoms with E-state index in [0.717, 1.165) is 43.3 Å². The third kappa shape index (κ3) is 7.07. The van der Waals surface area contributed by atoms with Crippen LogP contribution in [-0.4, -0.2) is 108 Å². The maximum absolute atomic E-state index is 12.9. The summed E-state index contributed by atoms with van der Waals surface area (Å²) in [6.45, 7) is 2.24. The van der Waals surface area contributed by atoms with Crippen LogP contribution in [0.2, 0.25) is 0 Å². The molecule has 6 atom stereocenters. The first-order valence-corrected chi connectivity index (χ1v) is 13.2. The van der Waals surface area contributed by atoms with Crippen LogP contribution in [0.4, 0.5) is 0 Å². The molecule has 0 radical (unpaired) electrons. The third-order valence-corrected chi connectivity index (χ3v) is 7.58. The van der Waals surface area contributed by atoms with Crippen molar-refractivity contribution in [2.75, 3.05) is 13.1 Å². The second kappa shape index (κ2) is 13.2. The molecule has 3 aromatic rings. The number of piperidine rings is 3. The highest BCUT2D eigenvalue weighted by atomic mass is 16.4. The maximum Gasteiger partial charge on any atom is 0.335 e. The van der Waals surface area contributed by atoms with E-state index in [4.69, 9.17) is 35.1 Å². The number of aliphatic hydroxyl groups is 4. The molecule has 13 heteroatoms. The standard InChI is InChI=1S/C22H23N3O2.C6H10O8/c26-22(20-13-17-5-1-2-6-19(17)27-20)24-21-16-7-10-25(11-8-16)18(21)12-15-4-3-9-23-14-15;7-1(3(9)5(11)12)2(8)4(10)6(13)14/h1-6,9,13-14,16,18,21H,7-8,10-12H2,(H,24,26);1-4,7-10H,(H,11,12)(H,13,14)/t18-,21-;1-,2+,3+,4-/m0./s1. The van der Waals surface area contributed by atoms with Gasteiger partial charge in [-0.2, -0.15) is 0 Å². The van der Waals surface area contributed by atoms with E-state index in [1.54, 1.807) is 6.20 Å². The van der Waals surface area contributed by atoms with E-state index < -0.39 is 36.4 Å². The van der Waals surface area contributed by atoms with E-state index in [0.29, 0.717) is 17.7 Å². The van der Waals surface area contributed by atoms with Gasteiger partial charge in [0.2, 0.25) is 0 Å². The van der Waals surface area contributed by atoms with Crippen molar-refractivity contribution in [1.29, 1.82) is 0 Å². The molecule has 0 spiro atoms. The van der Waals surface area contributed by atoms with Crippen LogP contribution in [0.5, 0.6) is 0 Å². The van der Waals surface area contributed by atoms with Gasteiger partial charge in [-0.25, -0.2) is 9.59 Å². The molecular weight excluding hydrogens is 538 g/mol. The van der Waals surface area contributed by atoms with Crippen LogP contribution in [0.15, 0.2) is 59.3 Å². The van der Waals surface area contributed by atoms with Crippen molar-refractivity contribution in [2.24, 2.45) is 5.92 Å². The number of furan rings is 1. The van der Waals surface area contributed by atoms with Gasteiger partial charge in [0.15, 0.2) is 18.0 Å². The first kappa shape index (κ1) is 30.1. The number of fused-ring (bicyclic) bond motifs is 4. The Labute approximate surface area is 234 Å². The average molecular weight is 572 g/mol. The van der Waals surface area contributed by atoms with Gasteiger partial charge in [0.1, 0.15) is 17.8 Å². The number of carboxylic acid groups (broad SMARTS) is 2. The Morgan fingerprint density at radius 1 is 0.951 bits per heavy atom. The van der Waals surface area contributed by atoms with Crippen LogP contribution >= 0.6 is 0 Å². The summed E-state index contributed by atoms with van der Waals surface area (Å²) in [5.74, 6) is -2.86. The minimum absolute atomic E-state index is 0.110. The molecule has 13 nitrogen and oxygen atoms in total. The van der Waals surface area contributed by atoms with Gasteiger partial charge in [0.05, 0.1) is 0 Å². The number of nitrogens with zero attached hydrogens (tertiary/aromatic N) is 2. The summed E-state index contributed by atoms with van der Waals surface area (Å²) in [6, 6.07) is 14.1. The Morgan fingerprint density at radius 3 is 2.15 bits per heavy atom. The van der Waals surface area contributed by atoms with Gasteiger partial charge in [0, 0.05) is 29.9 Å². The third-order valence-electron chi connectivity index (χ3n) is 7.58. The number of amides is 1. The number of para-hydroxylation sites is 1. The van der Waals surface area contributed by atoms with Gasteiger partial charge in [-0.05, 0) is 62.0 Å². The normalized spacial score (nSPS) is 24.4. The van der Waals surface area contributed by atoms with E-state index in [2.05, 4.69) is 21.3 Å². The number of rotatable bonds is 9. The SMILES string of the molecule is O=C(N[C@H]1C2CCN(CC2)[C@H]1Cc1cccnc1)c1cc2ccccc2o1.O=C(O)[C@@H](O)[C@H](O)[C@H](O)[C@@H](O)C(=O)O. The molecule has 2 aromatic heterocycles. The first-order valence-electron chi connectivity index (χ1n) is 13.2. The number of pyridine rings is 1. The van der Waals surface area contributed by atoms with Crippen LogP contribution in [0.3, 0.4) is 0 Å². The molecule has 3 fully saturated rings. The van der Waals surface area contributed by atoms with Crippen molar-refractivity contribution >= 4 is 28.8 Å². The Balaban J connectivity index is 0.000000237. The van der Waals surface area contributed by atoms with Crippen LogP contribution in [0.1, 0.15) is 29.0 Å². The van der Waals surface area contributed by atoms with E-state index >= 15 is 0 Å². The van der Waals surface area contributed by atoms with Crippen LogP contribution in [-0.2, 0) is 16.0 Å². The second-order valence-corrected chi connectivity index (χ2v) is 10.2. The van der Waals surface area contributed by atoms with E-state index in [1.807, 2.05) is 42.6 Å². The van der Waals surface area contributed by atoms with Gasteiger partial charge >= 0.3 is 11.9 Å². The van der Waals surface area contributed by atoms with Gasteiger partial charge < -0.3 is 40.4 Å². The lowest BCUT2D eigenvalue weighted by molar-refractivity contribution is -0.172. The fourth-order valence-electron chi connectivity index (χ4n) is 5.36. The predicted molar refractivity (Wildman–Crippen MR) is 143 cm³/mol. The summed E-state index contributed by atoms with van der Waals surface area (Å²) in [5.41, 5.74) is 1.97. The van der Waals surface area contributed by atoms with Crippen molar-refractivity contribution in [3.8, 4) is 0 Å². The average Bonchev–Trinajstić information content (AvgIpc) is 3.43. The van der Waals surface area contributed by atoms with Gasteiger partial charge in [-0.15, -0.1) is 0 Å². The van der Waals surface area contributed by atoms with Crippen LogP contribution < -0.4 is 5.32 Å². The molecule has 6 rings (SSSR count). The number of carbonyl (C=O) groups is 3. The van der Waals surface area contributed by atoms with Crippen LogP contribution in [0, 0.1) is 5.92 Å². The first-order chi connectivity index (χ1) is 19.6. The molecule has 1 amide bonds. The fourth-order valence-corrected chi connectivity index (χ4v) is 5.36. The van der Waals surface area contributed by atoms with Gasteiger partial charge in [0.25, 0.3) is 5.91 Å². The van der Waals surface area contributed by atoms with Crippen molar-refractivity contribution in [1.82, 2.24) is 15.2 Å². The Morgan fingerprint density at radius 2 is 1.59 bits per heavy atom. The van der Waals surface area contributed by atoms with E-state index in [9.17, 15) is 14.4 Å². The van der Waals surface area contributed by atoms with Crippen molar-refractivity contribution < 1.29 is 49.4 Å². The molecule has 2 bridgehead atoms. The smallest absolute Gasteiger partial charge is 0.335 e. The monoisotopic (exact) mass is 571 g/mol. The summed E-state index contributed by atoms with van der Waals surface area (Å²) in [4.78, 5) is 39.9. The zero-order valence-electron chi connectivity index (χ0n) is 22.0. The second-order valence-electron chi connectivity index (χ2n) is 10.2. The largest absolute Gasteiger partial charge is 0.479 e. The molecule has 0 unspecified atom stereocenters. The summed E-state index contributed by atoms with van der Waals surface area (Å²) in [5, 5.41) is 55.7. The molecule has 0 aliphatic carbocycles. The van der Waals surface area contributed by atoms with Crippen molar-refractivity contribution in [2.45, 2.75) is 55.8 Å². The minimum atomic E-state index is -2.36. The summed E-state index contributed by atoms with van der Waals surface area (Å²) < 4.78 is 5.77. The number of hydrogen-bond donors (Lipinski definition) is 7. The summed E-state index contributed by atoms with van der Waals surface area (Å²) >= 11 is 0. The molecule has 1 aromatic carbocycles. The highest BCUT2D eigenvalue weighted by Gasteiger charge is 2.43. The quantitative estimate of drug-likeness (QED) is 0.179. The molecule has 3 aliphatic heterocycles. The molecule has 5 heterocycles. The summed E-state index contributed by atoms with van der Waals surface area (Å²) in [6.07, 6.45) is -2.34. The Hall–Kier alpha value is -3.88. The molecular formula is C28H33N3O10. The van der Waals surface area contributed by atoms with E-state index in [-0.39, 0.29) is 11.9 Å². The number of aromatic nitrogens is 1. The lowest BCUT2D eigenvalue weighted by Gasteiger charge is -2.51. The lowest BCUT2D eigenvalue weighted by atomic mass is 9.76. The number of carbonyl (C=O) groups excluding carboxylic acids is 1. The summed E-state index contributed by atoms with van der Waals surface area (Å²) in [7, 11) is 0. The zero-order valence-corrected chi connectivity index (χ0v) is 22.0. The topological polar surface area (TPSA) is 214 Å². The molecule has 41 heavy (non-hydrogen) atoms. The van der Waals surface area contributed by atoms with E-state index in [1.165, 1.54) is 5.56 Å². The van der Waals surface area contributed by atoms with Gasteiger partial charge in [-0.1, -0.05) is 24.3 Å². The lowest BCUT2D eigenvalue weighted by Crippen LogP contribution is -2.64. The zero-order chi connectivity index (χ0) is 29.7. The predicted octanol–water partition coefficient (Wildman–Crippen LogP) is -0.138. The van der Waals surface area contributed by atoms with Crippen molar-refractivity contribution in [3.05, 3.63) is 66.2 Å². The Kier molecular flexibility index (Phi) is 9.68. The number of benzene rings is 1. The molecule has 3 saturated heterocycles. The number of aliphatic carboxylic acids is 2. The Bertz CT molecular complexity index is 1280. The molecule has 7 N–H and O–H groups in total. The molecule has 3 aliphatic rings. The number of aliphatic hydroxyl groups excluding tert-OH is 4. The number of nitrogens with one attached hydrogen (secondary N) is 1. The number of carboxylic acids is 2. The maximum atomic E-state index is 12.9. The molecule has 0 saturated carbocycles. The molecule has 220 valence electrons. The van der Waals surface area contributed by atoms with Gasteiger partial charge in [-0.3, -0.25) is 14.7 Å².